The van der Waals surface area contributed by atoms with Crippen LogP contribution in [0.15, 0.2) is 42.5 Å². The van der Waals surface area contributed by atoms with E-state index in [0.717, 1.165) is 5.56 Å². The van der Waals surface area contributed by atoms with Crippen LogP contribution in [0.3, 0.4) is 0 Å². The number of amides is 1. The summed E-state index contributed by atoms with van der Waals surface area (Å²) in [6.45, 7) is 1.79. The molecule has 2 aromatic rings. The number of carbonyl (C=O) groups is 1. The van der Waals surface area contributed by atoms with Crippen molar-refractivity contribution in [2.24, 2.45) is 0 Å². The van der Waals surface area contributed by atoms with Gasteiger partial charge in [-0.25, -0.2) is 4.39 Å². The maximum Gasteiger partial charge on any atom is 0.258 e. The molecule has 0 heterocycles. The van der Waals surface area contributed by atoms with Crippen LogP contribution in [-0.4, -0.2) is 13.0 Å². The van der Waals surface area contributed by atoms with Crippen molar-refractivity contribution in [3.63, 3.8) is 0 Å². The van der Waals surface area contributed by atoms with Gasteiger partial charge >= 0.3 is 0 Å². The Morgan fingerprint density at radius 3 is 2.62 bits per heavy atom. The molecule has 0 aliphatic heterocycles. The van der Waals surface area contributed by atoms with E-state index in [1.807, 2.05) is 18.2 Å². The summed E-state index contributed by atoms with van der Waals surface area (Å²) in [5, 5.41) is 2.73. The molecule has 0 aliphatic rings. The van der Waals surface area contributed by atoms with Crippen molar-refractivity contribution in [2.45, 2.75) is 13.0 Å². The zero-order chi connectivity index (χ0) is 15.4. The number of para-hydroxylation sites is 1. The fourth-order valence-corrected chi connectivity index (χ4v) is 2.15. The average Bonchev–Trinajstić information content (AvgIpc) is 2.46. The van der Waals surface area contributed by atoms with Gasteiger partial charge < -0.3 is 15.8 Å². The molecule has 1 amide bonds. The standard InChI is InChI=1S/C16H17FN2O2/c1-10(11-6-3-4-8-13(11)18)19-16(20)15-12(17)7-5-9-14(15)21-2/h3-10H,18H2,1-2H3,(H,19,20). The quantitative estimate of drug-likeness (QED) is 0.850. The molecule has 0 saturated heterocycles. The average molecular weight is 288 g/mol. The van der Waals surface area contributed by atoms with Gasteiger partial charge in [0.1, 0.15) is 17.1 Å². The zero-order valence-electron chi connectivity index (χ0n) is 11.9. The molecule has 4 nitrogen and oxygen atoms in total. The number of nitrogens with two attached hydrogens (primary N) is 1. The zero-order valence-corrected chi connectivity index (χ0v) is 11.9. The van der Waals surface area contributed by atoms with Gasteiger partial charge in [-0.3, -0.25) is 4.79 Å². The Morgan fingerprint density at radius 2 is 1.95 bits per heavy atom. The molecular formula is C16H17FN2O2. The number of ether oxygens (including phenoxy) is 1. The Kier molecular flexibility index (Phi) is 4.42. The van der Waals surface area contributed by atoms with E-state index >= 15 is 0 Å². The first-order valence-corrected chi connectivity index (χ1v) is 6.52. The molecule has 0 fully saturated rings. The summed E-state index contributed by atoms with van der Waals surface area (Å²) >= 11 is 0. The SMILES string of the molecule is COc1cccc(F)c1C(=O)NC(C)c1ccccc1N. The van der Waals surface area contributed by atoms with Crippen LogP contribution in [0.1, 0.15) is 28.9 Å². The lowest BCUT2D eigenvalue weighted by atomic mass is 10.1. The van der Waals surface area contributed by atoms with E-state index in [-0.39, 0.29) is 17.4 Å². The Morgan fingerprint density at radius 1 is 1.24 bits per heavy atom. The van der Waals surface area contributed by atoms with E-state index in [9.17, 15) is 9.18 Å². The largest absolute Gasteiger partial charge is 0.496 e. The van der Waals surface area contributed by atoms with Crippen LogP contribution in [0.4, 0.5) is 10.1 Å². The van der Waals surface area contributed by atoms with E-state index in [1.165, 1.54) is 19.2 Å². The van der Waals surface area contributed by atoms with Crippen LogP contribution in [0.25, 0.3) is 0 Å². The van der Waals surface area contributed by atoms with Crippen LogP contribution >= 0.6 is 0 Å². The third kappa shape index (κ3) is 3.13. The summed E-state index contributed by atoms with van der Waals surface area (Å²) in [4.78, 5) is 12.3. The maximum atomic E-state index is 13.9. The van der Waals surface area contributed by atoms with Gasteiger partial charge in [-0.15, -0.1) is 0 Å². The highest BCUT2D eigenvalue weighted by Crippen LogP contribution is 2.24. The summed E-state index contributed by atoms with van der Waals surface area (Å²) in [7, 11) is 1.39. The van der Waals surface area contributed by atoms with Crippen molar-refractivity contribution in [3.05, 3.63) is 59.4 Å². The number of anilines is 1. The van der Waals surface area contributed by atoms with Crippen LogP contribution < -0.4 is 15.8 Å². The van der Waals surface area contributed by atoms with Crippen LogP contribution in [0.2, 0.25) is 0 Å². The number of nitrogens with one attached hydrogen (secondary N) is 1. The van der Waals surface area contributed by atoms with E-state index < -0.39 is 11.7 Å². The molecular weight excluding hydrogens is 271 g/mol. The first-order valence-electron chi connectivity index (χ1n) is 6.52. The Bertz CT molecular complexity index is 658. The highest BCUT2D eigenvalue weighted by molar-refractivity contribution is 5.97. The maximum absolute atomic E-state index is 13.9. The molecule has 0 aromatic heterocycles. The molecule has 0 radical (unpaired) electrons. The second-order valence-electron chi connectivity index (χ2n) is 4.64. The summed E-state index contributed by atoms with van der Waals surface area (Å²) in [5.41, 5.74) is 7.12. The third-order valence-corrected chi connectivity index (χ3v) is 3.23. The molecule has 5 heteroatoms. The van der Waals surface area contributed by atoms with Crippen LogP contribution in [-0.2, 0) is 0 Å². The van der Waals surface area contributed by atoms with Gasteiger partial charge in [-0.2, -0.15) is 0 Å². The number of methoxy groups -OCH3 is 1. The second kappa shape index (κ2) is 6.26. The molecule has 1 unspecified atom stereocenters. The lowest BCUT2D eigenvalue weighted by Gasteiger charge is -2.17. The van der Waals surface area contributed by atoms with Gasteiger partial charge in [-0.1, -0.05) is 24.3 Å². The Labute approximate surface area is 122 Å². The van der Waals surface area contributed by atoms with Gasteiger partial charge in [0.2, 0.25) is 0 Å². The molecule has 21 heavy (non-hydrogen) atoms. The van der Waals surface area contributed by atoms with Gasteiger partial charge in [-0.05, 0) is 30.7 Å². The van der Waals surface area contributed by atoms with Crippen molar-refractivity contribution < 1.29 is 13.9 Å². The minimum absolute atomic E-state index is 0.110. The number of halogens is 1. The normalized spacial score (nSPS) is 11.8. The molecule has 0 saturated carbocycles. The van der Waals surface area contributed by atoms with Gasteiger partial charge in [0.05, 0.1) is 13.2 Å². The lowest BCUT2D eigenvalue weighted by Crippen LogP contribution is -2.28. The second-order valence-corrected chi connectivity index (χ2v) is 4.64. The number of nitrogen functional groups attached to an aromatic ring is 1. The van der Waals surface area contributed by atoms with Crippen LogP contribution in [0, 0.1) is 5.82 Å². The topological polar surface area (TPSA) is 64.3 Å². The predicted octanol–water partition coefficient (Wildman–Crippen LogP) is 2.91. The molecule has 1 atom stereocenters. The number of carbonyl (C=O) groups excluding carboxylic acids is 1. The number of hydrogen-bond donors (Lipinski definition) is 2. The van der Waals surface area contributed by atoms with Crippen LogP contribution in [0.5, 0.6) is 5.75 Å². The summed E-state index contributed by atoms with van der Waals surface area (Å²) < 4.78 is 18.9. The molecule has 2 aromatic carbocycles. The first kappa shape index (κ1) is 14.8. The highest BCUT2D eigenvalue weighted by Gasteiger charge is 2.20. The van der Waals surface area contributed by atoms with Crippen molar-refractivity contribution in [1.82, 2.24) is 5.32 Å². The fraction of sp³-hybridized carbons (Fsp3) is 0.188. The fourth-order valence-electron chi connectivity index (χ4n) is 2.15. The molecule has 2 rings (SSSR count). The van der Waals surface area contributed by atoms with Gasteiger partial charge in [0.15, 0.2) is 0 Å². The molecule has 0 spiro atoms. The third-order valence-electron chi connectivity index (χ3n) is 3.23. The molecule has 0 bridgehead atoms. The molecule has 0 aliphatic carbocycles. The van der Waals surface area contributed by atoms with Crippen molar-refractivity contribution >= 4 is 11.6 Å². The highest BCUT2D eigenvalue weighted by atomic mass is 19.1. The van der Waals surface area contributed by atoms with E-state index in [1.54, 1.807) is 19.1 Å². The number of rotatable bonds is 4. The summed E-state index contributed by atoms with van der Waals surface area (Å²) in [6, 6.07) is 11.1. The monoisotopic (exact) mass is 288 g/mol. The minimum Gasteiger partial charge on any atom is -0.496 e. The lowest BCUT2D eigenvalue weighted by molar-refractivity contribution is 0.0932. The predicted molar refractivity (Wildman–Crippen MR) is 79.7 cm³/mol. The molecule has 3 N–H and O–H groups in total. The van der Waals surface area contributed by atoms with Gasteiger partial charge in [0, 0.05) is 5.69 Å². The number of benzene rings is 2. The van der Waals surface area contributed by atoms with Crippen molar-refractivity contribution in [3.8, 4) is 5.75 Å². The van der Waals surface area contributed by atoms with E-state index in [2.05, 4.69) is 5.32 Å². The van der Waals surface area contributed by atoms with Crippen molar-refractivity contribution in [1.29, 1.82) is 0 Å². The smallest absolute Gasteiger partial charge is 0.258 e. The minimum atomic E-state index is -0.625. The van der Waals surface area contributed by atoms with E-state index in [0.29, 0.717) is 5.69 Å². The Balaban J connectivity index is 2.25. The van der Waals surface area contributed by atoms with Gasteiger partial charge in [0.25, 0.3) is 5.91 Å². The molecule has 110 valence electrons. The first-order chi connectivity index (χ1) is 10.0. The number of hydrogen-bond acceptors (Lipinski definition) is 3. The summed E-state index contributed by atoms with van der Waals surface area (Å²) in [6.07, 6.45) is 0. The summed E-state index contributed by atoms with van der Waals surface area (Å²) in [5.74, 6) is -0.971. The van der Waals surface area contributed by atoms with E-state index in [4.69, 9.17) is 10.5 Å². The van der Waals surface area contributed by atoms with Crippen molar-refractivity contribution in [2.75, 3.05) is 12.8 Å². The Hall–Kier alpha value is -2.56.